The maximum Gasteiger partial charge on any atom is 0.284 e. The molecule has 0 bridgehead atoms. The normalized spacial score (nSPS) is 10.6. The lowest BCUT2D eigenvalue weighted by Crippen LogP contribution is -2.03. The quantitative estimate of drug-likeness (QED) is 0.318. The molecule has 0 aliphatic carbocycles. The minimum absolute atomic E-state index is 0.0101. The lowest BCUT2D eigenvalue weighted by molar-refractivity contribution is -0.387. The van der Waals surface area contributed by atoms with Gasteiger partial charge in [-0.1, -0.05) is 30.3 Å². The Morgan fingerprint density at radius 1 is 1.03 bits per heavy atom. The average Bonchev–Trinajstić information content (AvgIpc) is 3.17. The molecule has 0 atom stereocenters. The number of nitro benzene ring substituents is 1. The van der Waals surface area contributed by atoms with Crippen LogP contribution in [0.2, 0.25) is 0 Å². The van der Waals surface area contributed by atoms with Gasteiger partial charge in [0.15, 0.2) is 5.82 Å². The predicted molar refractivity (Wildman–Crippen MR) is 109 cm³/mol. The van der Waals surface area contributed by atoms with Gasteiger partial charge in [-0.25, -0.2) is 8.78 Å². The molecule has 0 radical (unpaired) electrons. The minimum Gasteiger partial charge on any atom is -0.267 e. The van der Waals surface area contributed by atoms with Crippen molar-refractivity contribution in [2.24, 2.45) is 0 Å². The molecule has 31 heavy (non-hydrogen) atoms. The van der Waals surface area contributed by atoms with Crippen molar-refractivity contribution in [1.82, 2.24) is 14.8 Å². The highest BCUT2D eigenvalue weighted by Crippen LogP contribution is 2.37. The van der Waals surface area contributed by atoms with Crippen LogP contribution >= 0.6 is 11.8 Å². The van der Waals surface area contributed by atoms with Crippen molar-refractivity contribution in [2.45, 2.75) is 10.1 Å². The molecule has 3 aromatic carbocycles. The van der Waals surface area contributed by atoms with Gasteiger partial charge in [-0.05, 0) is 36.0 Å². The Balaban J connectivity index is 1.89. The molecule has 4 aromatic rings. The summed E-state index contributed by atoms with van der Waals surface area (Å²) in [6.07, 6.45) is 0. The standard InChI is InChI=1S/C21H11F2N5O2S/c22-15-7-8-17(16(23)11-15)27-20(14-4-2-1-3-5-14)25-26-21(27)31-19-9-6-13(12-24)10-18(19)28(29)30/h1-11H. The Hall–Kier alpha value is -4.10. The summed E-state index contributed by atoms with van der Waals surface area (Å²) in [5.41, 5.74) is 0.454. The van der Waals surface area contributed by atoms with Crippen LogP contribution in [0.15, 0.2) is 76.8 Å². The Labute approximate surface area is 178 Å². The van der Waals surface area contributed by atoms with Gasteiger partial charge in [-0.3, -0.25) is 14.7 Å². The van der Waals surface area contributed by atoms with Crippen molar-refractivity contribution in [3.8, 4) is 23.1 Å². The molecule has 0 amide bonds. The highest BCUT2D eigenvalue weighted by molar-refractivity contribution is 7.99. The molecule has 1 aromatic heterocycles. The summed E-state index contributed by atoms with van der Waals surface area (Å²) in [6.45, 7) is 0. The van der Waals surface area contributed by atoms with Crippen LogP contribution in [0.5, 0.6) is 0 Å². The average molecular weight is 435 g/mol. The highest BCUT2D eigenvalue weighted by atomic mass is 32.2. The summed E-state index contributed by atoms with van der Waals surface area (Å²) in [4.78, 5) is 11.1. The highest BCUT2D eigenvalue weighted by Gasteiger charge is 2.23. The fourth-order valence-electron chi connectivity index (χ4n) is 2.90. The molecule has 0 saturated heterocycles. The second-order valence-electron chi connectivity index (χ2n) is 6.26. The van der Waals surface area contributed by atoms with E-state index in [1.165, 1.54) is 22.8 Å². The number of rotatable bonds is 5. The molecule has 4 rings (SSSR count). The van der Waals surface area contributed by atoms with Gasteiger partial charge < -0.3 is 0 Å². The molecular weight excluding hydrogens is 424 g/mol. The Bertz CT molecular complexity index is 1340. The summed E-state index contributed by atoms with van der Waals surface area (Å²) < 4.78 is 29.5. The van der Waals surface area contributed by atoms with E-state index in [2.05, 4.69) is 10.2 Å². The van der Waals surface area contributed by atoms with Crippen LogP contribution in [0.1, 0.15) is 5.56 Å². The Morgan fingerprint density at radius 3 is 2.48 bits per heavy atom. The third-order valence-corrected chi connectivity index (χ3v) is 5.31. The zero-order chi connectivity index (χ0) is 22.0. The van der Waals surface area contributed by atoms with E-state index in [9.17, 15) is 18.9 Å². The van der Waals surface area contributed by atoms with Crippen molar-refractivity contribution >= 4 is 17.4 Å². The van der Waals surface area contributed by atoms with Gasteiger partial charge in [-0.2, -0.15) is 5.26 Å². The van der Waals surface area contributed by atoms with Crippen LogP contribution in [0.3, 0.4) is 0 Å². The van der Waals surface area contributed by atoms with E-state index in [-0.39, 0.29) is 32.8 Å². The fraction of sp³-hybridized carbons (Fsp3) is 0. The van der Waals surface area contributed by atoms with Crippen LogP contribution < -0.4 is 0 Å². The lowest BCUT2D eigenvalue weighted by Gasteiger charge is -2.11. The second-order valence-corrected chi connectivity index (χ2v) is 7.27. The summed E-state index contributed by atoms with van der Waals surface area (Å²) in [5.74, 6) is -1.30. The van der Waals surface area contributed by atoms with Crippen LogP contribution in [0.4, 0.5) is 14.5 Å². The molecule has 10 heteroatoms. The maximum atomic E-state index is 14.7. The number of hydrogen-bond donors (Lipinski definition) is 0. The molecule has 0 spiro atoms. The summed E-state index contributed by atoms with van der Waals surface area (Å²) >= 11 is 0.889. The topological polar surface area (TPSA) is 97.6 Å². The Morgan fingerprint density at radius 2 is 1.81 bits per heavy atom. The fourth-order valence-corrected chi connectivity index (χ4v) is 3.83. The number of hydrogen-bond acceptors (Lipinski definition) is 6. The number of halogens is 2. The van der Waals surface area contributed by atoms with E-state index in [0.29, 0.717) is 5.56 Å². The van der Waals surface area contributed by atoms with E-state index in [1.807, 2.05) is 6.07 Å². The smallest absolute Gasteiger partial charge is 0.267 e. The van der Waals surface area contributed by atoms with Gasteiger partial charge in [0.25, 0.3) is 5.69 Å². The number of nitriles is 1. The van der Waals surface area contributed by atoms with E-state index < -0.39 is 16.6 Å². The van der Waals surface area contributed by atoms with Crippen LogP contribution in [0, 0.1) is 33.1 Å². The molecule has 7 nitrogen and oxygen atoms in total. The molecule has 0 aliphatic rings. The van der Waals surface area contributed by atoms with E-state index >= 15 is 0 Å². The van der Waals surface area contributed by atoms with Crippen molar-refractivity contribution in [3.05, 3.63) is 94.0 Å². The summed E-state index contributed by atoms with van der Waals surface area (Å²) in [6, 6.07) is 17.8. The van der Waals surface area contributed by atoms with Crippen molar-refractivity contribution in [2.75, 3.05) is 0 Å². The van der Waals surface area contributed by atoms with E-state index in [1.54, 1.807) is 30.3 Å². The van der Waals surface area contributed by atoms with E-state index in [0.717, 1.165) is 30.0 Å². The first-order valence-electron chi connectivity index (χ1n) is 8.80. The molecular formula is C21H11F2N5O2S. The van der Waals surface area contributed by atoms with Gasteiger partial charge in [0.1, 0.15) is 11.6 Å². The maximum absolute atomic E-state index is 14.7. The number of aromatic nitrogens is 3. The second kappa shape index (κ2) is 8.33. The SMILES string of the molecule is N#Cc1ccc(Sc2nnc(-c3ccccc3)n2-c2ccc(F)cc2F)c([N+](=O)[O-])c1. The van der Waals surface area contributed by atoms with Gasteiger partial charge in [0, 0.05) is 17.7 Å². The molecule has 0 aliphatic heterocycles. The lowest BCUT2D eigenvalue weighted by atomic mass is 10.2. The van der Waals surface area contributed by atoms with Crippen LogP contribution in [-0.2, 0) is 0 Å². The Kier molecular flexibility index (Phi) is 5.43. The van der Waals surface area contributed by atoms with Crippen LogP contribution in [0.25, 0.3) is 17.1 Å². The summed E-state index contributed by atoms with van der Waals surface area (Å²) in [5, 5.41) is 28.9. The molecule has 1 heterocycles. The van der Waals surface area contributed by atoms with E-state index in [4.69, 9.17) is 5.26 Å². The first kappa shape index (κ1) is 20.2. The molecule has 0 unspecified atom stereocenters. The molecule has 0 fully saturated rings. The zero-order valence-corrected chi connectivity index (χ0v) is 16.4. The number of nitro groups is 1. The number of nitrogens with zero attached hydrogens (tertiary/aromatic N) is 5. The molecule has 0 saturated carbocycles. The summed E-state index contributed by atoms with van der Waals surface area (Å²) in [7, 11) is 0. The molecule has 0 N–H and O–H groups in total. The van der Waals surface area contributed by atoms with Crippen molar-refractivity contribution in [1.29, 1.82) is 5.26 Å². The van der Waals surface area contributed by atoms with Gasteiger partial charge in [0.05, 0.1) is 27.1 Å². The number of benzene rings is 3. The van der Waals surface area contributed by atoms with Gasteiger partial charge in [-0.15, -0.1) is 10.2 Å². The van der Waals surface area contributed by atoms with Gasteiger partial charge >= 0.3 is 0 Å². The zero-order valence-electron chi connectivity index (χ0n) is 15.6. The predicted octanol–water partition coefficient (Wildman–Crippen LogP) is 5.14. The first-order valence-corrected chi connectivity index (χ1v) is 9.62. The van der Waals surface area contributed by atoms with Gasteiger partial charge in [0.2, 0.25) is 5.16 Å². The third kappa shape index (κ3) is 3.99. The minimum atomic E-state index is -0.840. The largest absolute Gasteiger partial charge is 0.284 e. The first-order chi connectivity index (χ1) is 15.0. The van der Waals surface area contributed by atoms with Crippen LogP contribution in [-0.4, -0.2) is 19.7 Å². The molecule has 152 valence electrons. The third-order valence-electron chi connectivity index (χ3n) is 4.30. The van der Waals surface area contributed by atoms with Crippen molar-refractivity contribution in [3.63, 3.8) is 0 Å². The monoisotopic (exact) mass is 435 g/mol. The van der Waals surface area contributed by atoms with Crippen molar-refractivity contribution < 1.29 is 13.7 Å².